The molecule has 0 bridgehead atoms. The van der Waals surface area contributed by atoms with E-state index in [1.165, 1.54) is 24.3 Å². The number of aryl methyl sites for hydroxylation is 1. The molecule has 32 heavy (non-hydrogen) atoms. The average Bonchev–Trinajstić information content (AvgIpc) is 3.00. The van der Waals surface area contributed by atoms with Gasteiger partial charge in [-0.05, 0) is 61.6 Å². The molecule has 0 atom stereocenters. The molecule has 1 heterocycles. The number of nitrogens with two attached hydrogens (primary N) is 1. The van der Waals surface area contributed by atoms with E-state index in [1.54, 1.807) is 0 Å². The Kier molecular flexibility index (Phi) is 6.20. The minimum atomic E-state index is -3.82. The molecule has 1 aromatic heterocycles. The van der Waals surface area contributed by atoms with E-state index >= 15 is 0 Å². The number of nitrogens with one attached hydrogen (secondary N) is 1. The first-order valence-electron chi connectivity index (χ1n) is 10.3. The number of carbonyl (C=O) groups excluding carboxylic acids is 2. The predicted molar refractivity (Wildman–Crippen MR) is 120 cm³/mol. The maximum absolute atomic E-state index is 13.0. The molecule has 4 rings (SSSR count). The van der Waals surface area contributed by atoms with E-state index in [1.807, 2.05) is 24.3 Å². The van der Waals surface area contributed by atoms with Crippen LogP contribution in [0, 0.1) is 0 Å². The predicted octanol–water partition coefficient (Wildman–Crippen LogP) is 2.95. The van der Waals surface area contributed by atoms with Crippen molar-refractivity contribution in [3.05, 3.63) is 65.4 Å². The lowest BCUT2D eigenvalue weighted by atomic mass is 9.97. The average molecular weight is 454 g/mol. The Morgan fingerprint density at radius 2 is 1.72 bits per heavy atom. The molecule has 1 aliphatic rings. The third kappa shape index (κ3) is 4.79. The van der Waals surface area contributed by atoms with Crippen LogP contribution >= 0.6 is 0 Å². The normalized spacial score (nSPS) is 13.8. The van der Waals surface area contributed by atoms with Gasteiger partial charge in [0.05, 0.1) is 16.0 Å². The molecule has 0 radical (unpaired) electrons. The lowest BCUT2D eigenvalue weighted by Crippen LogP contribution is -2.22. The fourth-order valence-electron chi connectivity index (χ4n) is 3.91. The summed E-state index contributed by atoms with van der Waals surface area (Å²) in [6.07, 6.45) is 4.64. The number of benzene rings is 2. The Labute approximate surface area is 185 Å². The molecule has 1 amide bonds. The standard InChI is InChI=1S/C23H23N3O5S/c24-32(29,30)16-12-10-15(11-13-16)25-21(27)14-31-23(28)22-17-6-2-1-3-8-19(17)26-20-9-5-4-7-18(20)22/h4-5,7,9-13H,1-3,6,8,14H2,(H,25,27)(H2,24,29,30). The molecule has 0 unspecified atom stereocenters. The highest BCUT2D eigenvalue weighted by molar-refractivity contribution is 7.89. The molecule has 0 spiro atoms. The zero-order valence-corrected chi connectivity index (χ0v) is 18.2. The second kappa shape index (κ2) is 9.05. The number of hydrogen-bond acceptors (Lipinski definition) is 6. The van der Waals surface area contributed by atoms with Crippen LogP contribution in [-0.4, -0.2) is 31.9 Å². The quantitative estimate of drug-likeness (QED) is 0.451. The molecule has 166 valence electrons. The van der Waals surface area contributed by atoms with Crippen molar-refractivity contribution in [2.24, 2.45) is 5.14 Å². The number of pyridine rings is 1. The summed E-state index contributed by atoms with van der Waals surface area (Å²) >= 11 is 0. The number of primary sulfonamides is 1. The van der Waals surface area contributed by atoms with E-state index in [9.17, 15) is 18.0 Å². The van der Waals surface area contributed by atoms with Crippen molar-refractivity contribution in [3.8, 4) is 0 Å². The molecule has 1 aliphatic carbocycles. The lowest BCUT2D eigenvalue weighted by molar-refractivity contribution is -0.119. The van der Waals surface area contributed by atoms with E-state index < -0.39 is 28.5 Å². The van der Waals surface area contributed by atoms with Crippen LogP contribution in [0.1, 0.15) is 40.9 Å². The molecule has 0 aliphatic heterocycles. The second-order valence-corrected chi connectivity index (χ2v) is 9.24. The first kappa shape index (κ1) is 21.9. The highest BCUT2D eigenvalue weighted by Crippen LogP contribution is 2.29. The summed E-state index contributed by atoms with van der Waals surface area (Å²) in [5, 5.41) is 8.36. The van der Waals surface area contributed by atoms with E-state index in [4.69, 9.17) is 14.9 Å². The smallest absolute Gasteiger partial charge is 0.339 e. The van der Waals surface area contributed by atoms with E-state index in [2.05, 4.69) is 5.32 Å². The van der Waals surface area contributed by atoms with E-state index in [0.29, 0.717) is 11.3 Å². The Morgan fingerprint density at radius 1 is 1.00 bits per heavy atom. The third-order valence-electron chi connectivity index (χ3n) is 5.42. The molecule has 0 fully saturated rings. The molecule has 3 aromatic rings. The summed E-state index contributed by atoms with van der Waals surface area (Å²) in [5.41, 5.74) is 3.41. The maximum Gasteiger partial charge on any atom is 0.339 e. The summed E-state index contributed by atoms with van der Waals surface area (Å²) in [6.45, 7) is -0.471. The number of para-hydroxylation sites is 1. The molecule has 0 saturated carbocycles. The van der Waals surface area contributed by atoms with Crippen molar-refractivity contribution in [1.82, 2.24) is 4.98 Å². The van der Waals surface area contributed by atoms with Gasteiger partial charge in [0, 0.05) is 16.8 Å². The van der Waals surface area contributed by atoms with E-state index in [-0.39, 0.29) is 4.90 Å². The summed E-state index contributed by atoms with van der Waals surface area (Å²) in [4.78, 5) is 30.0. The molecule has 8 nitrogen and oxygen atoms in total. The van der Waals surface area contributed by atoms with Gasteiger partial charge >= 0.3 is 5.97 Å². The molecule has 0 saturated heterocycles. The van der Waals surface area contributed by atoms with Crippen LogP contribution in [0.2, 0.25) is 0 Å². The number of sulfonamides is 1. The highest BCUT2D eigenvalue weighted by atomic mass is 32.2. The first-order chi connectivity index (χ1) is 15.3. The third-order valence-corrected chi connectivity index (χ3v) is 6.35. The number of ether oxygens (including phenoxy) is 1. The summed E-state index contributed by atoms with van der Waals surface area (Å²) in [6, 6.07) is 12.8. The van der Waals surface area contributed by atoms with Crippen LogP contribution in [-0.2, 0) is 32.4 Å². The van der Waals surface area contributed by atoms with Gasteiger partial charge in [0.15, 0.2) is 6.61 Å². The zero-order valence-electron chi connectivity index (χ0n) is 17.3. The van der Waals surface area contributed by atoms with Crippen molar-refractivity contribution in [2.45, 2.75) is 37.0 Å². The number of rotatable bonds is 5. The van der Waals surface area contributed by atoms with Gasteiger partial charge in [-0.2, -0.15) is 0 Å². The van der Waals surface area contributed by atoms with Crippen molar-refractivity contribution in [2.75, 3.05) is 11.9 Å². The van der Waals surface area contributed by atoms with Crippen LogP contribution in [0.4, 0.5) is 5.69 Å². The van der Waals surface area contributed by atoms with Crippen molar-refractivity contribution in [3.63, 3.8) is 0 Å². The van der Waals surface area contributed by atoms with Crippen molar-refractivity contribution in [1.29, 1.82) is 0 Å². The Bertz CT molecular complexity index is 1290. The number of esters is 1. The van der Waals surface area contributed by atoms with Crippen LogP contribution < -0.4 is 10.5 Å². The summed E-state index contributed by atoms with van der Waals surface area (Å²) < 4.78 is 28.0. The van der Waals surface area contributed by atoms with Crippen LogP contribution in [0.5, 0.6) is 0 Å². The number of nitrogens with zero attached hydrogens (tertiary/aromatic N) is 1. The minimum Gasteiger partial charge on any atom is -0.452 e. The van der Waals surface area contributed by atoms with Crippen molar-refractivity contribution < 1.29 is 22.7 Å². The lowest BCUT2D eigenvalue weighted by Gasteiger charge is -2.15. The summed E-state index contributed by atoms with van der Waals surface area (Å²) in [7, 11) is -3.82. The molecule has 2 aromatic carbocycles. The van der Waals surface area contributed by atoms with Crippen LogP contribution in [0.15, 0.2) is 53.4 Å². The number of carbonyl (C=O) groups is 2. The van der Waals surface area contributed by atoms with E-state index in [0.717, 1.165) is 54.3 Å². The Hall–Kier alpha value is -3.30. The van der Waals surface area contributed by atoms with Crippen LogP contribution in [0.3, 0.4) is 0 Å². The number of anilines is 1. The highest BCUT2D eigenvalue weighted by Gasteiger charge is 2.23. The fourth-order valence-corrected chi connectivity index (χ4v) is 4.43. The Morgan fingerprint density at radius 3 is 2.47 bits per heavy atom. The Balaban J connectivity index is 1.50. The topological polar surface area (TPSA) is 128 Å². The zero-order chi connectivity index (χ0) is 22.7. The van der Waals surface area contributed by atoms with Crippen molar-refractivity contribution >= 4 is 38.5 Å². The van der Waals surface area contributed by atoms with Gasteiger partial charge in [-0.1, -0.05) is 24.6 Å². The van der Waals surface area contributed by atoms with Gasteiger partial charge < -0.3 is 10.1 Å². The number of fused-ring (bicyclic) bond motifs is 2. The monoisotopic (exact) mass is 453 g/mol. The number of hydrogen-bond donors (Lipinski definition) is 2. The number of aromatic nitrogens is 1. The SMILES string of the molecule is NS(=O)(=O)c1ccc(NC(=O)COC(=O)c2c3c(nc4ccccc24)CCCCC3)cc1. The largest absolute Gasteiger partial charge is 0.452 e. The van der Waals surface area contributed by atoms with Gasteiger partial charge in [0.1, 0.15) is 0 Å². The second-order valence-electron chi connectivity index (χ2n) is 7.68. The first-order valence-corrected chi connectivity index (χ1v) is 11.9. The van der Waals surface area contributed by atoms with Gasteiger partial charge in [0.25, 0.3) is 5.91 Å². The minimum absolute atomic E-state index is 0.0628. The van der Waals surface area contributed by atoms with Gasteiger partial charge in [0.2, 0.25) is 10.0 Å². The molecule has 9 heteroatoms. The fraction of sp³-hybridized carbons (Fsp3) is 0.261. The van der Waals surface area contributed by atoms with Gasteiger partial charge in [-0.25, -0.2) is 18.4 Å². The maximum atomic E-state index is 13.0. The molecule has 3 N–H and O–H groups in total. The van der Waals surface area contributed by atoms with Crippen LogP contribution in [0.25, 0.3) is 10.9 Å². The van der Waals surface area contributed by atoms with Gasteiger partial charge in [-0.3, -0.25) is 9.78 Å². The van der Waals surface area contributed by atoms with Gasteiger partial charge in [-0.15, -0.1) is 0 Å². The number of amides is 1. The summed E-state index contributed by atoms with van der Waals surface area (Å²) in [5.74, 6) is -1.09. The molecular formula is C23H23N3O5S. The molecular weight excluding hydrogens is 430 g/mol.